The quantitative estimate of drug-likeness (QED) is 0.0262. The molecule has 0 aliphatic heterocycles. The molecular weight excluding hydrogens is 805 g/mol. The first-order valence-corrected chi connectivity index (χ1v) is 25.8. The Labute approximate surface area is 398 Å². The summed E-state index contributed by atoms with van der Waals surface area (Å²) in [5, 5.41) is 0. The van der Waals surface area contributed by atoms with E-state index in [1.165, 1.54) is 77.0 Å². The molecule has 0 saturated heterocycles. The van der Waals surface area contributed by atoms with Crippen molar-refractivity contribution in [2.24, 2.45) is 0 Å². The maximum atomic E-state index is 12.8. The molecule has 6 heteroatoms. The Kier molecular flexibility index (Phi) is 48.6. The molecule has 0 amide bonds. The van der Waals surface area contributed by atoms with Gasteiger partial charge in [-0.1, -0.05) is 238 Å². The van der Waals surface area contributed by atoms with Crippen molar-refractivity contribution in [2.45, 2.75) is 207 Å². The van der Waals surface area contributed by atoms with E-state index in [4.69, 9.17) is 14.2 Å². The molecule has 0 aliphatic rings. The van der Waals surface area contributed by atoms with E-state index in [2.05, 4.69) is 75.5 Å². The van der Waals surface area contributed by atoms with Crippen LogP contribution in [0, 0.1) is 0 Å². The van der Waals surface area contributed by atoms with Crippen LogP contribution in [0.25, 0.3) is 0 Å². The van der Waals surface area contributed by atoms with Gasteiger partial charge in [0.15, 0.2) is 6.10 Å². The van der Waals surface area contributed by atoms with E-state index in [1.54, 1.807) is 0 Å². The lowest BCUT2D eigenvalue weighted by Gasteiger charge is -2.18. The zero-order valence-electron chi connectivity index (χ0n) is 41.4. The zero-order chi connectivity index (χ0) is 47.2. The van der Waals surface area contributed by atoms with Crippen molar-refractivity contribution in [3.05, 3.63) is 134 Å². The smallest absolute Gasteiger partial charge is 0.306 e. The molecule has 0 fully saturated rings. The standard InChI is InChI=1S/C59H92O6/c1-4-7-10-13-16-19-22-25-27-28-29-30-32-34-37-40-43-46-49-52-58(61)64-55-56(54-63-57(60)51-48-45-42-39-36-33-24-21-18-15-12-9-6-3)65-59(62)53-50-47-44-41-38-35-31-26-23-20-17-14-11-8-5-2/h8-9,11-12,14-26,31,33,36,39,42,56H,4-7,10,13,27-30,32,34-35,37-38,40-41,43-55H2,1-3H3/b11-8+,12-9+,17-14+,18-15+,19-16+,23-20+,24-21+,25-22+,31-26+,36-33+,42-39+. The summed E-state index contributed by atoms with van der Waals surface area (Å²) < 4.78 is 16.7. The summed E-state index contributed by atoms with van der Waals surface area (Å²) in [4.78, 5) is 38.0. The van der Waals surface area contributed by atoms with Crippen LogP contribution >= 0.6 is 0 Å². The molecule has 0 aliphatic carbocycles. The van der Waals surface area contributed by atoms with E-state index in [9.17, 15) is 14.4 Å². The maximum Gasteiger partial charge on any atom is 0.306 e. The minimum atomic E-state index is -0.825. The van der Waals surface area contributed by atoms with Gasteiger partial charge >= 0.3 is 17.9 Å². The summed E-state index contributed by atoms with van der Waals surface area (Å²) >= 11 is 0. The lowest BCUT2D eigenvalue weighted by molar-refractivity contribution is -0.167. The van der Waals surface area contributed by atoms with Gasteiger partial charge in [0.2, 0.25) is 0 Å². The second kappa shape index (κ2) is 52.2. The number of rotatable bonds is 44. The van der Waals surface area contributed by atoms with Crippen molar-refractivity contribution in [1.82, 2.24) is 0 Å². The molecule has 0 radical (unpaired) electrons. The van der Waals surface area contributed by atoms with Crippen molar-refractivity contribution in [3.63, 3.8) is 0 Å². The van der Waals surface area contributed by atoms with Gasteiger partial charge in [-0.15, -0.1) is 0 Å². The number of hydrogen-bond acceptors (Lipinski definition) is 6. The van der Waals surface area contributed by atoms with E-state index in [-0.39, 0.29) is 44.0 Å². The molecule has 6 nitrogen and oxygen atoms in total. The summed E-state index contributed by atoms with van der Waals surface area (Å²) in [6.45, 7) is 6.22. The van der Waals surface area contributed by atoms with Crippen LogP contribution in [0.15, 0.2) is 134 Å². The van der Waals surface area contributed by atoms with Crippen molar-refractivity contribution >= 4 is 17.9 Å². The van der Waals surface area contributed by atoms with Crippen molar-refractivity contribution < 1.29 is 28.6 Å². The SMILES string of the molecule is CC/C=C/C=C/C=C/C=C/C=C/CCCC(=O)OCC(COC(=O)CCCCCCCCCCCC/C=C/C=C/CCCCC)OC(=O)CCCCCCC/C=C/C=C/C=C/C=C/CC. The van der Waals surface area contributed by atoms with Gasteiger partial charge in [0, 0.05) is 19.3 Å². The molecule has 0 rings (SSSR count). The van der Waals surface area contributed by atoms with Gasteiger partial charge in [-0.05, 0) is 77.0 Å². The first-order chi connectivity index (χ1) is 32.0. The van der Waals surface area contributed by atoms with E-state index < -0.39 is 6.10 Å². The summed E-state index contributed by atoms with van der Waals surface area (Å²) in [6.07, 6.45) is 73.0. The van der Waals surface area contributed by atoms with Gasteiger partial charge in [0.1, 0.15) is 13.2 Å². The molecule has 0 aromatic rings. The van der Waals surface area contributed by atoms with Gasteiger partial charge in [-0.2, -0.15) is 0 Å². The average Bonchev–Trinajstić information content (AvgIpc) is 3.30. The van der Waals surface area contributed by atoms with Crippen molar-refractivity contribution in [1.29, 1.82) is 0 Å². The molecule has 364 valence electrons. The Morgan fingerprint density at radius 1 is 0.323 bits per heavy atom. The predicted molar refractivity (Wildman–Crippen MR) is 279 cm³/mol. The summed E-state index contributed by atoms with van der Waals surface area (Å²) in [7, 11) is 0. The molecule has 0 aromatic heterocycles. The van der Waals surface area contributed by atoms with Crippen molar-refractivity contribution in [2.75, 3.05) is 13.2 Å². The molecule has 0 N–H and O–H groups in total. The highest BCUT2D eigenvalue weighted by atomic mass is 16.6. The summed E-state index contributed by atoms with van der Waals surface area (Å²) in [5.41, 5.74) is 0. The molecule has 0 bridgehead atoms. The Morgan fingerprint density at radius 2 is 0.615 bits per heavy atom. The third-order valence-electron chi connectivity index (χ3n) is 10.4. The Hall–Kier alpha value is -4.45. The van der Waals surface area contributed by atoms with Gasteiger partial charge in [0.25, 0.3) is 0 Å². The summed E-state index contributed by atoms with van der Waals surface area (Å²) in [6, 6.07) is 0. The molecule has 1 atom stereocenters. The highest BCUT2D eigenvalue weighted by molar-refractivity contribution is 5.71. The lowest BCUT2D eigenvalue weighted by Crippen LogP contribution is -2.30. The number of carbonyl (C=O) groups is 3. The van der Waals surface area contributed by atoms with E-state index in [1.807, 2.05) is 79.0 Å². The average molecular weight is 897 g/mol. The second-order valence-corrected chi connectivity index (χ2v) is 16.6. The predicted octanol–water partition coefficient (Wildman–Crippen LogP) is 17.1. The second-order valence-electron chi connectivity index (χ2n) is 16.6. The lowest BCUT2D eigenvalue weighted by atomic mass is 10.1. The highest BCUT2D eigenvalue weighted by Gasteiger charge is 2.19. The Bertz CT molecular complexity index is 1450. The Morgan fingerprint density at radius 3 is 1.02 bits per heavy atom. The highest BCUT2D eigenvalue weighted by Crippen LogP contribution is 2.14. The number of unbranched alkanes of at least 4 members (excludes halogenated alkanes) is 19. The van der Waals surface area contributed by atoms with Crippen LogP contribution in [0.5, 0.6) is 0 Å². The van der Waals surface area contributed by atoms with E-state index >= 15 is 0 Å². The van der Waals surface area contributed by atoms with Gasteiger partial charge in [0.05, 0.1) is 0 Å². The normalized spacial score (nSPS) is 13.2. The topological polar surface area (TPSA) is 78.9 Å². The van der Waals surface area contributed by atoms with Gasteiger partial charge < -0.3 is 14.2 Å². The number of esters is 3. The first-order valence-electron chi connectivity index (χ1n) is 25.8. The van der Waals surface area contributed by atoms with Crippen LogP contribution in [-0.2, 0) is 28.6 Å². The van der Waals surface area contributed by atoms with Crippen LogP contribution in [0.1, 0.15) is 201 Å². The minimum absolute atomic E-state index is 0.117. The maximum absolute atomic E-state index is 12.8. The van der Waals surface area contributed by atoms with Crippen LogP contribution in [0.3, 0.4) is 0 Å². The number of hydrogen-bond donors (Lipinski definition) is 0. The largest absolute Gasteiger partial charge is 0.462 e. The zero-order valence-corrected chi connectivity index (χ0v) is 41.4. The van der Waals surface area contributed by atoms with E-state index in [0.29, 0.717) is 12.8 Å². The molecular formula is C59H92O6. The third kappa shape index (κ3) is 50.4. The molecule has 0 heterocycles. The van der Waals surface area contributed by atoms with Crippen LogP contribution in [0.2, 0.25) is 0 Å². The molecule has 0 aromatic carbocycles. The number of ether oxygens (including phenoxy) is 3. The van der Waals surface area contributed by atoms with E-state index in [0.717, 1.165) is 77.0 Å². The molecule has 65 heavy (non-hydrogen) atoms. The fourth-order valence-corrected chi connectivity index (χ4v) is 6.53. The molecule has 1 unspecified atom stereocenters. The summed E-state index contributed by atoms with van der Waals surface area (Å²) in [5.74, 6) is -1.03. The Balaban J connectivity index is 4.51. The molecule has 0 spiro atoms. The van der Waals surface area contributed by atoms with Gasteiger partial charge in [-0.25, -0.2) is 0 Å². The fourth-order valence-electron chi connectivity index (χ4n) is 6.53. The van der Waals surface area contributed by atoms with Crippen molar-refractivity contribution in [3.8, 4) is 0 Å². The molecule has 0 saturated carbocycles. The monoisotopic (exact) mass is 897 g/mol. The van der Waals surface area contributed by atoms with Crippen LogP contribution in [-0.4, -0.2) is 37.2 Å². The minimum Gasteiger partial charge on any atom is -0.462 e. The van der Waals surface area contributed by atoms with Crippen LogP contribution in [0.4, 0.5) is 0 Å². The number of allylic oxidation sites excluding steroid dienone is 22. The third-order valence-corrected chi connectivity index (χ3v) is 10.4. The van der Waals surface area contributed by atoms with Crippen LogP contribution < -0.4 is 0 Å². The first kappa shape index (κ1) is 60.5. The van der Waals surface area contributed by atoms with Gasteiger partial charge in [-0.3, -0.25) is 14.4 Å². The fraction of sp³-hybridized carbons (Fsp3) is 0.576. The number of carbonyl (C=O) groups excluding carboxylic acids is 3.